The summed E-state index contributed by atoms with van der Waals surface area (Å²) in [7, 11) is 1.63. The first-order valence-electron chi connectivity index (χ1n) is 6.91. The van der Waals surface area contributed by atoms with Crippen LogP contribution >= 0.6 is 0 Å². The average Bonchev–Trinajstić information content (AvgIpc) is 2.45. The van der Waals surface area contributed by atoms with E-state index in [1.165, 1.54) is 11.5 Å². The summed E-state index contributed by atoms with van der Waals surface area (Å²) in [5, 5.41) is 2.69. The van der Waals surface area contributed by atoms with Gasteiger partial charge in [-0.25, -0.2) is 0 Å². The van der Waals surface area contributed by atoms with Crippen LogP contribution < -0.4 is 10.9 Å². The van der Waals surface area contributed by atoms with Crippen LogP contribution in [0.1, 0.15) is 38.9 Å². The Balaban J connectivity index is 2.32. The minimum Gasteiger partial charge on any atom is -0.322 e. The Labute approximate surface area is 128 Å². The molecule has 1 N–H and O–H groups in total. The third-order valence-corrected chi connectivity index (χ3v) is 3.64. The molecule has 0 aliphatic rings. The van der Waals surface area contributed by atoms with Gasteiger partial charge in [-0.05, 0) is 56.7 Å². The number of Topliss-reactive ketones (excluding diaryl/α,β-unsaturated/α-hetero) is 1. The second-order valence-electron chi connectivity index (χ2n) is 5.30. The Kier molecular flexibility index (Phi) is 4.26. The molecule has 0 bridgehead atoms. The minimum atomic E-state index is -0.450. The Morgan fingerprint density at radius 1 is 1.09 bits per heavy atom. The fourth-order valence-corrected chi connectivity index (χ4v) is 2.24. The number of nitrogens with one attached hydrogen (secondary N) is 1. The first-order valence-corrected chi connectivity index (χ1v) is 6.91. The van der Waals surface area contributed by atoms with E-state index < -0.39 is 5.91 Å². The van der Waals surface area contributed by atoms with E-state index in [9.17, 15) is 14.4 Å². The number of rotatable bonds is 3. The number of benzene rings is 1. The summed E-state index contributed by atoms with van der Waals surface area (Å²) in [6.07, 6.45) is 0. The molecule has 2 aromatic rings. The molecule has 0 saturated carbocycles. The van der Waals surface area contributed by atoms with Crippen molar-refractivity contribution < 1.29 is 9.59 Å². The van der Waals surface area contributed by atoms with E-state index in [0.29, 0.717) is 16.8 Å². The van der Waals surface area contributed by atoms with Gasteiger partial charge in [-0.2, -0.15) is 0 Å². The molecule has 0 radical (unpaired) electrons. The highest BCUT2D eigenvalue weighted by Crippen LogP contribution is 2.13. The third kappa shape index (κ3) is 2.98. The predicted molar refractivity (Wildman–Crippen MR) is 85.6 cm³/mol. The molecule has 0 unspecified atom stereocenters. The number of hydrogen-bond donors (Lipinski definition) is 1. The van der Waals surface area contributed by atoms with Crippen LogP contribution in [0.2, 0.25) is 0 Å². The van der Waals surface area contributed by atoms with Gasteiger partial charge in [0.1, 0.15) is 5.56 Å². The average molecular weight is 298 g/mol. The summed E-state index contributed by atoms with van der Waals surface area (Å²) in [5.41, 5.74) is 2.35. The van der Waals surface area contributed by atoms with Crippen LogP contribution in [-0.2, 0) is 7.05 Å². The van der Waals surface area contributed by atoms with Crippen LogP contribution in [0.15, 0.2) is 35.1 Å². The Bertz CT molecular complexity index is 802. The lowest BCUT2D eigenvalue weighted by molar-refractivity contribution is 0.101. The zero-order valence-corrected chi connectivity index (χ0v) is 13.1. The van der Waals surface area contributed by atoms with E-state index in [1.807, 2.05) is 6.92 Å². The fourth-order valence-electron chi connectivity index (χ4n) is 2.24. The van der Waals surface area contributed by atoms with Crippen LogP contribution in [0.3, 0.4) is 0 Å². The van der Waals surface area contributed by atoms with E-state index >= 15 is 0 Å². The van der Waals surface area contributed by atoms with Crippen molar-refractivity contribution in [1.82, 2.24) is 4.57 Å². The third-order valence-electron chi connectivity index (χ3n) is 3.64. The van der Waals surface area contributed by atoms with Gasteiger partial charge >= 0.3 is 0 Å². The number of amides is 1. The number of pyridine rings is 1. The SMILES string of the molecule is CC(=O)c1ccc(NC(=O)c2c(C)cc(C)n(C)c2=O)cc1. The summed E-state index contributed by atoms with van der Waals surface area (Å²) >= 11 is 0. The van der Waals surface area contributed by atoms with Gasteiger partial charge in [0.25, 0.3) is 11.5 Å². The van der Waals surface area contributed by atoms with E-state index in [1.54, 1.807) is 44.3 Å². The van der Waals surface area contributed by atoms with Crippen LogP contribution in [0.5, 0.6) is 0 Å². The number of ketones is 1. The van der Waals surface area contributed by atoms with Crippen molar-refractivity contribution in [3.05, 3.63) is 63.1 Å². The largest absolute Gasteiger partial charge is 0.322 e. The maximum Gasteiger partial charge on any atom is 0.263 e. The Morgan fingerprint density at radius 2 is 1.68 bits per heavy atom. The maximum atomic E-state index is 12.3. The molecule has 2 rings (SSSR count). The van der Waals surface area contributed by atoms with Gasteiger partial charge in [0.05, 0.1) is 0 Å². The number of carbonyl (C=O) groups is 2. The Morgan fingerprint density at radius 3 is 2.23 bits per heavy atom. The highest BCUT2D eigenvalue weighted by atomic mass is 16.2. The van der Waals surface area contributed by atoms with Gasteiger partial charge in [0, 0.05) is 24.0 Å². The minimum absolute atomic E-state index is 0.0406. The molecule has 114 valence electrons. The maximum absolute atomic E-state index is 12.3. The van der Waals surface area contributed by atoms with Crippen LogP contribution in [0.4, 0.5) is 5.69 Å². The lowest BCUT2D eigenvalue weighted by Gasteiger charge is -2.11. The first kappa shape index (κ1) is 15.7. The molecule has 0 aliphatic heterocycles. The van der Waals surface area contributed by atoms with Gasteiger partial charge in [-0.1, -0.05) is 0 Å². The summed E-state index contributed by atoms with van der Waals surface area (Å²) in [6.45, 7) is 5.03. The zero-order chi connectivity index (χ0) is 16.4. The normalized spacial score (nSPS) is 10.4. The topological polar surface area (TPSA) is 68.2 Å². The van der Waals surface area contributed by atoms with Crippen molar-refractivity contribution >= 4 is 17.4 Å². The van der Waals surface area contributed by atoms with E-state index in [0.717, 1.165) is 5.69 Å². The smallest absolute Gasteiger partial charge is 0.263 e. The second-order valence-corrected chi connectivity index (χ2v) is 5.30. The lowest BCUT2D eigenvalue weighted by atomic mass is 10.1. The number of nitrogens with zero attached hydrogens (tertiary/aromatic N) is 1. The van der Waals surface area contributed by atoms with Gasteiger partial charge in [-0.3, -0.25) is 14.4 Å². The van der Waals surface area contributed by atoms with Crippen LogP contribution in [0.25, 0.3) is 0 Å². The highest BCUT2D eigenvalue weighted by molar-refractivity contribution is 6.05. The number of hydrogen-bond acceptors (Lipinski definition) is 3. The molecular weight excluding hydrogens is 280 g/mol. The quantitative estimate of drug-likeness (QED) is 0.885. The van der Waals surface area contributed by atoms with Gasteiger partial charge in [-0.15, -0.1) is 0 Å². The highest BCUT2D eigenvalue weighted by Gasteiger charge is 2.16. The molecule has 0 spiro atoms. The molecule has 5 nitrogen and oxygen atoms in total. The first-order chi connectivity index (χ1) is 10.3. The molecule has 1 aromatic heterocycles. The van der Waals surface area contributed by atoms with Crippen molar-refractivity contribution in [2.24, 2.45) is 7.05 Å². The summed E-state index contributed by atoms with van der Waals surface area (Å²) in [4.78, 5) is 35.8. The standard InChI is InChI=1S/C17H18N2O3/c1-10-9-11(2)19(4)17(22)15(10)16(21)18-14-7-5-13(6-8-14)12(3)20/h5-9H,1-4H3,(H,18,21). The van der Waals surface area contributed by atoms with Crippen molar-refractivity contribution in [2.45, 2.75) is 20.8 Å². The molecule has 5 heteroatoms. The molecule has 0 fully saturated rings. The number of aryl methyl sites for hydroxylation is 2. The predicted octanol–water partition coefficient (Wildman–Crippen LogP) is 2.46. The number of anilines is 1. The van der Waals surface area contributed by atoms with E-state index in [4.69, 9.17) is 0 Å². The molecule has 1 heterocycles. The zero-order valence-electron chi connectivity index (χ0n) is 13.1. The summed E-state index contributed by atoms with van der Waals surface area (Å²) < 4.78 is 1.45. The molecule has 0 saturated heterocycles. The van der Waals surface area contributed by atoms with E-state index in [2.05, 4.69) is 5.32 Å². The Hall–Kier alpha value is -2.69. The van der Waals surface area contributed by atoms with Crippen molar-refractivity contribution in [3.8, 4) is 0 Å². The monoisotopic (exact) mass is 298 g/mol. The summed E-state index contributed by atoms with van der Waals surface area (Å²) in [5.74, 6) is -0.491. The number of aromatic nitrogens is 1. The van der Waals surface area contributed by atoms with Gasteiger partial charge < -0.3 is 9.88 Å². The second kappa shape index (κ2) is 5.97. The lowest BCUT2D eigenvalue weighted by Crippen LogP contribution is -2.30. The molecule has 1 amide bonds. The van der Waals surface area contributed by atoms with Gasteiger partial charge in [0.15, 0.2) is 5.78 Å². The number of carbonyl (C=O) groups excluding carboxylic acids is 2. The molecular formula is C17H18N2O3. The van der Waals surface area contributed by atoms with Crippen LogP contribution in [0, 0.1) is 13.8 Å². The van der Waals surface area contributed by atoms with E-state index in [-0.39, 0.29) is 16.9 Å². The van der Waals surface area contributed by atoms with Crippen LogP contribution in [-0.4, -0.2) is 16.3 Å². The molecule has 1 aromatic carbocycles. The summed E-state index contributed by atoms with van der Waals surface area (Å²) in [6, 6.07) is 8.36. The van der Waals surface area contributed by atoms with Crippen molar-refractivity contribution in [1.29, 1.82) is 0 Å². The van der Waals surface area contributed by atoms with Crippen molar-refractivity contribution in [3.63, 3.8) is 0 Å². The van der Waals surface area contributed by atoms with Gasteiger partial charge in [0.2, 0.25) is 0 Å². The fraction of sp³-hybridized carbons (Fsp3) is 0.235. The molecule has 0 atom stereocenters. The van der Waals surface area contributed by atoms with Crippen molar-refractivity contribution in [2.75, 3.05) is 5.32 Å². The molecule has 22 heavy (non-hydrogen) atoms. The molecule has 0 aliphatic carbocycles.